The van der Waals surface area contributed by atoms with Crippen LogP contribution in [0.4, 0.5) is 10.1 Å². The number of aromatic nitrogens is 4. The molecule has 4 aromatic rings. The second-order valence-corrected chi connectivity index (χ2v) is 9.07. The predicted molar refractivity (Wildman–Crippen MR) is 118 cm³/mol. The highest BCUT2D eigenvalue weighted by atomic mass is 32.2. The SMILES string of the molecule is O=C(Nc1ccc(F)cc1)c1nnc(CSc2nc3ccccc3c(=O)n2C2CC2)s1. The summed E-state index contributed by atoms with van der Waals surface area (Å²) in [5.74, 6) is -0.335. The maximum atomic E-state index is 13.0. The molecule has 156 valence electrons. The smallest absolute Gasteiger partial charge is 0.286 e. The topological polar surface area (TPSA) is 89.8 Å². The van der Waals surface area contributed by atoms with Crippen molar-refractivity contribution in [1.29, 1.82) is 0 Å². The minimum Gasteiger partial charge on any atom is -0.320 e. The number of nitrogens with one attached hydrogen (secondary N) is 1. The van der Waals surface area contributed by atoms with Crippen molar-refractivity contribution < 1.29 is 9.18 Å². The number of hydrogen-bond donors (Lipinski definition) is 1. The third kappa shape index (κ3) is 4.21. The van der Waals surface area contributed by atoms with Gasteiger partial charge in [0, 0.05) is 11.7 Å². The molecule has 0 spiro atoms. The second kappa shape index (κ2) is 8.20. The van der Waals surface area contributed by atoms with Crippen molar-refractivity contribution in [1.82, 2.24) is 19.7 Å². The molecule has 1 fully saturated rings. The molecule has 0 atom stereocenters. The van der Waals surface area contributed by atoms with Gasteiger partial charge in [-0.2, -0.15) is 0 Å². The number of fused-ring (bicyclic) bond motifs is 1. The lowest BCUT2D eigenvalue weighted by atomic mass is 10.2. The maximum Gasteiger partial charge on any atom is 0.286 e. The summed E-state index contributed by atoms with van der Waals surface area (Å²) in [7, 11) is 0. The van der Waals surface area contributed by atoms with Crippen molar-refractivity contribution in [3.63, 3.8) is 0 Å². The summed E-state index contributed by atoms with van der Waals surface area (Å²) < 4.78 is 14.8. The normalized spacial score (nSPS) is 13.5. The largest absolute Gasteiger partial charge is 0.320 e. The van der Waals surface area contributed by atoms with Crippen LogP contribution in [0.1, 0.15) is 33.7 Å². The molecule has 2 heterocycles. The van der Waals surface area contributed by atoms with Crippen molar-refractivity contribution in [3.8, 4) is 0 Å². The Morgan fingerprint density at radius 3 is 2.71 bits per heavy atom. The average molecular weight is 454 g/mol. The number of para-hydroxylation sites is 1. The third-order valence-electron chi connectivity index (χ3n) is 4.78. The van der Waals surface area contributed by atoms with Gasteiger partial charge in [0.25, 0.3) is 11.5 Å². The van der Waals surface area contributed by atoms with E-state index in [0.29, 0.717) is 32.5 Å². The molecule has 0 aliphatic heterocycles. The average Bonchev–Trinajstić information content (AvgIpc) is 3.49. The Morgan fingerprint density at radius 2 is 1.94 bits per heavy atom. The zero-order valence-electron chi connectivity index (χ0n) is 16.1. The minimum atomic E-state index is -0.404. The molecule has 1 amide bonds. The zero-order valence-corrected chi connectivity index (χ0v) is 17.8. The summed E-state index contributed by atoms with van der Waals surface area (Å²) in [5.41, 5.74) is 1.13. The Bertz CT molecular complexity index is 1330. The number of thioether (sulfide) groups is 1. The van der Waals surface area contributed by atoms with Crippen LogP contribution in [0.15, 0.2) is 58.5 Å². The fourth-order valence-corrected chi connectivity index (χ4v) is 4.92. The van der Waals surface area contributed by atoms with Crippen LogP contribution < -0.4 is 10.9 Å². The van der Waals surface area contributed by atoms with Gasteiger partial charge in [-0.05, 0) is 49.2 Å². The van der Waals surface area contributed by atoms with Crippen LogP contribution in [0.25, 0.3) is 10.9 Å². The number of hydrogen-bond acceptors (Lipinski definition) is 7. The van der Waals surface area contributed by atoms with Crippen molar-refractivity contribution in [2.24, 2.45) is 0 Å². The van der Waals surface area contributed by atoms with E-state index in [4.69, 9.17) is 0 Å². The summed E-state index contributed by atoms with van der Waals surface area (Å²) in [4.78, 5) is 30.0. The lowest BCUT2D eigenvalue weighted by Crippen LogP contribution is -2.22. The summed E-state index contributed by atoms with van der Waals surface area (Å²) in [6.07, 6.45) is 1.94. The van der Waals surface area contributed by atoms with Crippen molar-refractivity contribution in [2.45, 2.75) is 29.8 Å². The van der Waals surface area contributed by atoms with Gasteiger partial charge in [-0.15, -0.1) is 10.2 Å². The molecular weight excluding hydrogens is 437 g/mol. The highest BCUT2D eigenvalue weighted by Gasteiger charge is 2.28. The van der Waals surface area contributed by atoms with Crippen LogP contribution in [0, 0.1) is 5.82 Å². The Balaban J connectivity index is 1.33. The first-order chi connectivity index (χ1) is 15.1. The minimum absolute atomic E-state index is 0.0211. The quantitative estimate of drug-likeness (QED) is 0.346. The van der Waals surface area contributed by atoms with E-state index in [2.05, 4.69) is 20.5 Å². The highest BCUT2D eigenvalue weighted by molar-refractivity contribution is 7.98. The summed E-state index contributed by atoms with van der Waals surface area (Å²) in [5, 5.41) is 12.9. The Hall–Kier alpha value is -3.11. The van der Waals surface area contributed by atoms with Crippen LogP contribution in [-0.4, -0.2) is 25.7 Å². The van der Waals surface area contributed by atoms with E-state index >= 15 is 0 Å². The summed E-state index contributed by atoms with van der Waals surface area (Å²) in [6, 6.07) is 13.0. The van der Waals surface area contributed by atoms with E-state index in [9.17, 15) is 14.0 Å². The molecule has 1 saturated carbocycles. The van der Waals surface area contributed by atoms with Gasteiger partial charge >= 0.3 is 0 Å². The second-order valence-electron chi connectivity index (χ2n) is 7.07. The lowest BCUT2D eigenvalue weighted by molar-refractivity contribution is 0.102. The van der Waals surface area contributed by atoms with E-state index in [1.165, 1.54) is 47.4 Å². The zero-order chi connectivity index (χ0) is 21.4. The predicted octanol–water partition coefficient (Wildman–Crippen LogP) is 4.27. The van der Waals surface area contributed by atoms with Gasteiger partial charge in [-0.3, -0.25) is 14.2 Å². The summed E-state index contributed by atoms with van der Waals surface area (Å²) in [6.45, 7) is 0. The fourth-order valence-electron chi connectivity index (χ4n) is 3.13. The van der Waals surface area contributed by atoms with Crippen molar-refractivity contribution in [3.05, 3.63) is 74.7 Å². The standard InChI is InChI=1S/C21H16FN5O2S2/c22-12-5-7-13(8-6-12)23-18(28)19-26-25-17(31-19)11-30-21-24-16-4-2-1-3-15(16)20(29)27(21)14-9-10-14/h1-8,14H,9-11H2,(H,23,28). The van der Waals surface area contributed by atoms with Gasteiger partial charge in [-0.1, -0.05) is 35.2 Å². The first-order valence-electron chi connectivity index (χ1n) is 9.62. The highest BCUT2D eigenvalue weighted by Crippen LogP contribution is 2.37. The molecule has 1 aliphatic rings. The molecule has 2 aromatic heterocycles. The number of anilines is 1. The molecule has 1 aliphatic carbocycles. The third-order valence-corrected chi connectivity index (χ3v) is 6.84. The van der Waals surface area contributed by atoms with Crippen LogP contribution in [0.3, 0.4) is 0 Å². The van der Waals surface area contributed by atoms with Crippen LogP contribution >= 0.6 is 23.1 Å². The molecular formula is C21H16FN5O2S2. The molecule has 0 saturated heterocycles. The maximum absolute atomic E-state index is 13.0. The Kier molecular flexibility index (Phi) is 5.24. The van der Waals surface area contributed by atoms with Gasteiger partial charge in [0.15, 0.2) is 5.16 Å². The molecule has 2 aromatic carbocycles. The van der Waals surface area contributed by atoms with Crippen LogP contribution in [-0.2, 0) is 5.75 Å². The summed E-state index contributed by atoms with van der Waals surface area (Å²) >= 11 is 2.59. The van der Waals surface area contributed by atoms with Gasteiger partial charge in [-0.25, -0.2) is 9.37 Å². The van der Waals surface area contributed by atoms with Crippen molar-refractivity contribution in [2.75, 3.05) is 5.32 Å². The van der Waals surface area contributed by atoms with E-state index in [-0.39, 0.29) is 22.4 Å². The molecule has 10 heteroatoms. The molecule has 31 heavy (non-hydrogen) atoms. The van der Waals surface area contributed by atoms with E-state index < -0.39 is 5.91 Å². The first-order valence-corrected chi connectivity index (χ1v) is 11.4. The van der Waals surface area contributed by atoms with E-state index in [1.807, 2.05) is 18.2 Å². The van der Waals surface area contributed by atoms with Gasteiger partial charge in [0.1, 0.15) is 10.8 Å². The number of nitrogens with zero attached hydrogens (tertiary/aromatic N) is 4. The van der Waals surface area contributed by atoms with Gasteiger partial charge in [0.05, 0.1) is 16.7 Å². The lowest BCUT2D eigenvalue weighted by Gasteiger charge is -2.11. The van der Waals surface area contributed by atoms with E-state index in [1.54, 1.807) is 10.6 Å². The number of amides is 1. The number of carbonyl (C=O) groups is 1. The van der Waals surface area contributed by atoms with Gasteiger partial charge in [0.2, 0.25) is 5.01 Å². The monoisotopic (exact) mass is 453 g/mol. The molecule has 7 nitrogen and oxygen atoms in total. The molecule has 0 radical (unpaired) electrons. The molecule has 1 N–H and O–H groups in total. The molecule has 0 unspecified atom stereocenters. The number of halogens is 1. The Labute approximate surface area is 184 Å². The first kappa shape index (κ1) is 19.8. The van der Waals surface area contributed by atoms with Crippen molar-refractivity contribution >= 4 is 45.6 Å². The van der Waals surface area contributed by atoms with E-state index in [0.717, 1.165) is 12.8 Å². The molecule has 5 rings (SSSR count). The van der Waals surface area contributed by atoms with Gasteiger partial charge < -0.3 is 5.32 Å². The van der Waals surface area contributed by atoms with Crippen LogP contribution in [0.2, 0.25) is 0 Å². The van der Waals surface area contributed by atoms with Crippen LogP contribution in [0.5, 0.6) is 0 Å². The number of rotatable bonds is 6. The number of benzene rings is 2. The fraction of sp³-hybridized carbons (Fsp3) is 0.190. The molecule has 0 bridgehead atoms. The Morgan fingerprint density at radius 1 is 1.16 bits per heavy atom. The number of carbonyl (C=O) groups excluding carboxylic acids is 1.